The molecular weight excluding hydrogens is 194 g/mol. The summed E-state index contributed by atoms with van der Waals surface area (Å²) in [5.74, 6) is 0. The maximum Gasteiger partial charge on any atom is 0.295 e. The Kier molecular flexibility index (Phi) is 1.73. The normalized spacial score (nSPS) is 13.0. The van der Waals surface area contributed by atoms with E-state index in [9.17, 15) is 10.1 Å². The maximum atomic E-state index is 10.6. The van der Waals surface area contributed by atoms with Crippen LogP contribution in [0, 0.1) is 10.1 Å². The zero-order valence-electron chi connectivity index (χ0n) is 6.40. The molecule has 0 saturated carbocycles. The molecule has 6 heteroatoms. The molecule has 1 aliphatic heterocycles. The van der Waals surface area contributed by atoms with Crippen molar-refractivity contribution in [1.29, 1.82) is 0 Å². The highest BCUT2D eigenvalue weighted by Gasteiger charge is 2.24. The Morgan fingerprint density at radius 2 is 2.31 bits per heavy atom. The molecule has 1 aromatic rings. The molecule has 0 bridgehead atoms. The average Bonchev–Trinajstić information content (AvgIpc) is 2.50. The largest absolute Gasteiger partial charge is 0.295 e. The van der Waals surface area contributed by atoms with Gasteiger partial charge >= 0.3 is 0 Å². The Hall–Kier alpha value is -1.49. The van der Waals surface area contributed by atoms with Gasteiger partial charge in [0.15, 0.2) is 0 Å². The predicted octanol–water partition coefficient (Wildman–Crippen LogP) is 2.85. The second-order valence-corrected chi connectivity index (χ2v) is 2.96. The van der Waals surface area contributed by atoms with Gasteiger partial charge in [-0.05, 0) is 12.1 Å². The lowest BCUT2D eigenvalue weighted by atomic mass is 10.1. The zero-order chi connectivity index (χ0) is 9.42. The second-order valence-electron chi connectivity index (χ2n) is 2.55. The fraction of sp³-hybridized carbons (Fsp3) is 0.143. The third kappa shape index (κ3) is 1.17. The molecule has 0 atom stereocenters. The molecular formula is C7H4ClN3O2. The molecule has 0 aromatic heterocycles. The summed E-state index contributed by atoms with van der Waals surface area (Å²) >= 11 is 5.68. The third-order valence-corrected chi connectivity index (χ3v) is 2.10. The number of azo groups is 1. The van der Waals surface area contributed by atoms with Gasteiger partial charge in [0, 0.05) is 0 Å². The van der Waals surface area contributed by atoms with Crippen LogP contribution in [0.15, 0.2) is 22.4 Å². The summed E-state index contributed by atoms with van der Waals surface area (Å²) in [6.07, 6.45) is 0. The van der Waals surface area contributed by atoms with Crippen LogP contribution in [0.1, 0.15) is 5.56 Å². The molecule has 0 aliphatic carbocycles. The molecule has 1 aliphatic rings. The van der Waals surface area contributed by atoms with Crippen LogP contribution in [-0.2, 0) is 6.54 Å². The summed E-state index contributed by atoms with van der Waals surface area (Å²) in [6, 6.07) is 3.09. The van der Waals surface area contributed by atoms with Crippen LogP contribution in [0.5, 0.6) is 0 Å². The first-order valence-electron chi connectivity index (χ1n) is 3.53. The van der Waals surface area contributed by atoms with Gasteiger partial charge in [-0.1, -0.05) is 11.6 Å². The number of nitro benzene ring substituents is 1. The van der Waals surface area contributed by atoms with E-state index in [1.807, 2.05) is 0 Å². The van der Waals surface area contributed by atoms with Crippen molar-refractivity contribution >= 4 is 23.0 Å². The third-order valence-electron chi connectivity index (χ3n) is 1.80. The molecule has 0 unspecified atom stereocenters. The predicted molar refractivity (Wildman–Crippen MR) is 46.3 cm³/mol. The van der Waals surface area contributed by atoms with Crippen LogP contribution < -0.4 is 0 Å². The topological polar surface area (TPSA) is 67.9 Å². The van der Waals surface area contributed by atoms with Gasteiger partial charge in [0.05, 0.1) is 22.7 Å². The fourth-order valence-electron chi connectivity index (χ4n) is 1.23. The van der Waals surface area contributed by atoms with Gasteiger partial charge in [0.2, 0.25) is 0 Å². The van der Waals surface area contributed by atoms with Crippen molar-refractivity contribution in [2.45, 2.75) is 6.54 Å². The fourth-order valence-corrected chi connectivity index (χ4v) is 1.47. The highest BCUT2D eigenvalue weighted by Crippen LogP contribution is 2.38. The minimum absolute atomic E-state index is 0.0795. The van der Waals surface area contributed by atoms with Gasteiger partial charge in [-0.15, -0.1) is 0 Å². The van der Waals surface area contributed by atoms with Crippen LogP contribution in [0.25, 0.3) is 0 Å². The van der Waals surface area contributed by atoms with Gasteiger partial charge in [0.1, 0.15) is 5.02 Å². The van der Waals surface area contributed by atoms with Gasteiger partial charge < -0.3 is 0 Å². The standard InChI is InChI=1S/C7H4ClN3O2/c8-5-1-2-6-4(3-9-10-6)7(5)11(12)13/h1-2H,3H2. The quantitative estimate of drug-likeness (QED) is 0.513. The Bertz CT molecular complexity index is 416. The van der Waals surface area contributed by atoms with Crippen LogP contribution in [0.2, 0.25) is 5.02 Å². The Morgan fingerprint density at radius 1 is 1.54 bits per heavy atom. The molecule has 5 nitrogen and oxygen atoms in total. The van der Waals surface area contributed by atoms with Gasteiger partial charge in [-0.2, -0.15) is 10.2 Å². The van der Waals surface area contributed by atoms with Crippen molar-refractivity contribution in [1.82, 2.24) is 0 Å². The van der Waals surface area contributed by atoms with Gasteiger partial charge in [-0.3, -0.25) is 10.1 Å². The van der Waals surface area contributed by atoms with Crippen molar-refractivity contribution < 1.29 is 4.92 Å². The number of rotatable bonds is 1. The Morgan fingerprint density at radius 3 is 3.00 bits per heavy atom. The molecule has 0 spiro atoms. The van der Waals surface area contributed by atoms with Crippen LogP contribution >= 0.6 is 11.6 Å². The van der Waals surface area contributed by atoms with E-state index in [-0.39, 0.29) is 17.3 Å². The first-order valence-corrected chi connectivity index (χ1v) is 3.91. The molecule has 0 amide bonds. The van der Waals surface area contributed by atoms with Gasteiger partial charge in [-0.25, -0.2) is 0 Å². The van der Waals surface area contributed by atoms with E-state index in [2.05, 4.69) is 10.2 Å². The summed E-state index contributed by atoms with van der Waals surface area (Å²) in [7, 11) is 0. The zero-order valence-corrected chi connectivity index (χ0v) is 7.15. The van der Waals surface area contributed by atoms with Gasteiger partial charge in [0.25, 0.3) is 5.69 Å². The summed E-state index contributed by atoms with van der Waals surface area (Å²) in [5, 5.41) is 18.2. The molecule has 1 aromatic carbocycles. The first kappa shape index (κ1) is 8.12. The summed E-state index contributed by atoms with van der Waals surface area (Å²) < 4.78 is 0. The van der Waals surface area contributed by atoms with Crippen molar-refractivity contribution in [2.75, 3.05) is 0 Å². The summed E-state index contributed by atoms with van der Waals surface area (Å²) in [5.41, 5.74) is 0.956. The summed E-state index contributed by atoms with van der Waals surface area (Å²) in [6.45, 7) is 0.242. The molecule has 0 N–H and O–H groups in total. The summed E-state index contributed by atoms with van der Waals surface area (Å²) in [4.78, 5) is 10.1. The Balaban J connectivity index is 2.68. The average molecular weight is 198 g/mol. The minimum atomic E-state index is -0.502. The molecule has 66 valence electrons. The van der Waals surface area contributed by atoms with E-state index in [0.29, 0.717) is 11.3 Å². The van der Waals surface area contributed by atoms with Crippen LogP contribution in [0.4, 0.5) is 11.4 Å². The van der Waals surface area contributed by atoms with Crippen molar-refractivity contribution in [3.8, 4) is 0 Å². The van der Waals surface area contributed by atoms with Crippen LogP contribution in [-0.4, -0.2) is 4.92 Å². The van der Waals surface area contributed by atoms with E-state index < -0.39 is 4.92 Å². The SMILES string of the molecule is O=[N+]([O-])c1c(Cl)ccc2c1CN=N2. The monoisotopic (exact) mass is 197 g/mol. The first-order chi connectivity index (χ1) is 6.20. The van der Waals surface area contributed by atoms with E-state index in [0.717, 1.165) is 0 Å². The molecule has 0 fully saturated rings. The number of hydrogen-bond donors (Lipinski definition) is 0. The lowest BCUT2D eigenvalue weighted by Crippen LogP contribution is -1.93. The molecule has 1 heterocycles. The van der Waals surface area contributed by atoms with E-state index in [1.165, 1.54) is 6.07 Å². The maximum absolute atomic E-state index is 10.6. The molecule has 0 saturated heterocycles. The Labute approximate surface area is 78.2 Å². The lowest BCUT2D eigenvalue weighted by Gasteiger charge is -1.99. The van der Waals surface area contributed by atoms with Crippen molar-refractivity contribution in [2.24, 2.45) is 10.2 Å². The van der Waals surface area contributed by atoms with E-state index >= 15 is 0 Å². The smallest absolute Gasteiger partial charge is 0.258 e. The molecule has 0 radical (unpaired) electrons. The number of benzene rings is 1. The minimum Gasteiger partial charge on any atom is -0.258 e. The number of nitro groups is 1. The van der Waals surface area contributed by atoms with E-state index in [4.69, 9.17) is 11.6 Å². The highest BCUT2D eigenvalue weighted by atomic mass is 35.5. The number of nitrogens with zero attached hydrogens (tertiary/aromatic N) is 3. The van der Waals surface area contributed by atoms with E-state index in [1.54, 1.807) is 6.07 Å². The highest BCUT2D eigenvalue weighted by molar-refractivity contribution is 6.33. The van der Waals surface area contributed by atoms with Crippen molar-refractivity contribution in [3.05, 3.63) is 32.8 Å². The second kappa shape index (κ2) is 2.77. The van der Waals surface area contributed by atoms with Crippen LogP contribution in [0.3, 0.4) is 0 Å². The molecule has 2 rings (SSSR count). The number of halogens is 1. The number of hydrogen-bond acceptors (Lipinski definition) is 4. The lowest BCUT2D eigenvalue weighted by molar-refractivity contribution is -0.385. The van der Waals surface area contributed by atoms with Crippen molar-refractivity contribution in [3.63, 3.8) is 0 Å². The number of fused-ring (bicyclic) bond motifs is 1. The molecule has 13 heavy (non-hydrogen) atoms.